The second-order valence-corrected chi connectivity index (χ2v) is 9.77. The molecule has 0 saturated heterocycles. The van der Waals surface area contributed by atoms with E-state index in [1.54, 1.807) is 0 Å². The van der Waals surface area contributed by atoms with Crippen molar-refractivity contribution >= 4 is 23.5 Å². The van der Waals surface area contributed by atoms with Gasteiger partial charge >= 0.3 is 5.97 Å². The molecule has 8 nitrogen and oxygen atoms in total. The molecule has 2 amide bonds. The third-order valence-corrected chi connectivity index (χ3v) is 5.82. The zero-order valence-corrected chi connectivity index (χ0v) is 24.3. The van der Waals surface area contributed by atoms with Crippen molar-refractivity contribution in [1.29, 1.82) is 0 Å². The summed E-state index contributed by atoms with van der Waals surface area (Å²) in [5, 5.41) is 24.3. The van der Waals surface area contributed by atoms with Gasteiger partial charge in [0.15, 0.2) is 0 Å². The van der Waals surface area contributed by atoms with E-state index in [0.717, 1.165) is 25.7 Å². The predicted octanol–water partition coefficient (Wildman–Crippen LogP) is 6.55. The average molecular weight is 555 g/mol. The molecule has 220 valence electrons. The number of nitrogens with one attached hydrogen (secondary N) is 2. The van der Waals surface area contributed by atoms with Crippen LogP contribution in [0, 0.1) is 5.92 Å². The maximum Gasteiger partial charge on any atom is 0.339 e. The smallest absolute Gasteiger partial charge is 0.339 e. The minimum atomic E-state index is -1.31. The van der Waals surface area contributed by atoms with Crippen molar-refractivity contribution < 1.29 is 29.3 Å². The summed E-state index contributed by atoms with van der Waals surface area (Å²) in [4.78, 5) is 37.2. The number of allylic oxidation sites excluding steroid dienone is 7. The highest BCUT2D eigenvalue weighted by Gasteiger charge is 2.26. The maximum absolute atomic E-state index is 13.0. The first-order valence-corrected chi connectivity index (χ1v) is 14.1. The van der Waals surface area contributed by atoms with Gasteiger partial charge in [-0.25, -0.2) is 4.79 Å². The minimum absolute atomic E-state index is 0.115. The summed E-state index contributed by atoms with van der Waals surface area (Å²) < 4.78 is 5.79. The van der Waals surface area contributed by atoms with Crippen molar-refractivity contribution in [3.63, 3.8) is 0 Å². The number of hydrogen-bond acceptors (Lipinski definition) is 5. The Morgan fingerprint density at radius 2 is 1.50 bits per heavy atom. The Morgan fingerprint density at radius 1 is 0.900 bits per heavy atom. The van der Waals surface area contributed by atoms with Gasteiger partial charge in [-0.2, -0.15) is 0 Å². The molecule has 1 aromatic carbocycles. The lowest BCUT2D eigenvalue weighted by Gasteiger charge is -2.23. The van der Waals surface area contributed by atoms with E-state index < -0.39 is 29.8 Å². The molecule has 0 bridgehead atoms. The van der Waals surface area contributed by atoms with Gasteiger partial charge in [-0.3, -0.25) is 9.59 Å². The van der Waals surface area contributed by atoms with Crippen LogP contribution in [-0.2, 0) is 14.3 Å². The fourth-order valence-electron chi connectivity index (χ4n) is 3.74. The summed E-state index contributed by atoms with van der Waals surface area (Å²) in [5.74, 6) is -2.44. The standard InChI is InChI=1S/C32H46N2O6/c1-5-7-8-9-10-11-12-13-14-15-16-17-18-21-40-29(6-2)31(37)34-27(22-24(3)4)30(36)33-25-19-20-28(35)26(23-25)32(38)39/h7-8,10-11,13-14,16-17,19-20,23-24,27,29,35H,5-6,9,12,15,18,21-22H2,1-4H3,(H,33,36)(H,34,37)(H,38,39)/b8-7-,11-10-,14-13-,17-16-. The number of carboxylic acids is 1. The van der Waals surface area contributed by atoms with Crippen molar-refractivity contribution in [2.75, 3.05) is 11.9 Å². The average Bonchev–Trinajstić information content (AvgIpc) is 2.91. The van der Waals surface area contributed by atoms with Crippen molar-refractivity contribution in [2.45, 2.75) is 84.8 Å². The van der Waals surface area contributed by atoms with Crippen LogP contribution in [-0.4, -0.2) is 46.7 Å². The Balaban J connectivity index is 2.54. The highest BCUT2D eigenvalue weighted by Crippen LogP contribution is 2.22. The Kier molecular flexibility index (Phi) is 17.4. The molecule has 2 atom stereocenters. The molecule has 0 aliphatic carbocycles. The zero-order valence-electron chi connectivity index (χ0n) is 24.3. The van der Waals surface area contributed by atoms with E-state index in [0.29, 0.717) is 25.9 Å². The third kappa shape index (κ3) is 14.5. The molecule has 0 fully saturated rings. The van der Waals surface area contributed by atoms with E-state index >= 15 is 0 Å². The lowest BCUT2D eigenvalue weighted by molar-refractivity contribution is -0.136. The van der Waals surface area contributed by atoms with Crippen LogP contribution in [0.3, 0.4) is 0 Å². The molecule has 2 unspecified atom stereocenters. The van der Waals surface area contributed by atoms with Gasteiger partial charge in [0.25, 0.3) is 0 Å². The second-order valence-electron chi connectivity index (χ2n) is 9.77. The fraction of sp³-hybridized carbons (Fsp3) is 0.469. The van der Waals surface area contributed by atoms with Crippen LogP contribution < -0.4 is 10.6 Å². The molecule has 0 aromatic heterocycles. The molecule has 40 heavy (non-hydrogen) atoms. The number of rotatable bonds is 19. The monoisotopic (exact) mass is 554 g/mol. The number of benzene rings is 1. The number of hydrogen-bond donors (Lipinski definition) is 4. The Hall–Kier alpha value is -3.65. The van der Waals surface area contributed by atoms with Crippen LogP contribution in [0.25, 0.3) is 0 Å². The molecule has 0 heterocycles. The number of aromatic hydroxyl groups is 1. The number of carbonyl (C=O) groups is 3. The van der Waals surface area contributed by atoms with Gasteiger partial charge in [0.05, 0.1) is 6.61 Å². The maximum atomic E-state index is 13.0. The molecule has 8 heteroatoms. The summed E-state index contributed by atoms with van der Waals surface area (Å²) in [7, 11) is 0. The van der Waals surface area contributed by atoms with E-state index in [1.165, 1.54) is 18.2 Å². The van der Waals surface area contributed by atoms with Crippen LogP contribution >= 0.6 is 0 Å². The molecular weight excluding hydrogens is 508 g/mol. The summed E-state index contributed by atoms with van der Waals surface area (Å²) in [6.45, 7) is 8.23. The molecule has 0 spiro atoms. The first-order valence-electron chi connectivity index (χ1n) is 14.1. The summed E-state index contributed by atoms with van der Waals surface area (Å²) in [6, 6.07) is 2.95. The number of phenols is 1. The number of amides is 2. The largest absolute Gasteiger partial charge is 0.507 e. The van der Waals surface area contributed by atoms with Gasteiger partial charge in [0.2, 0.25) is 11.8 Å². The number of anilines is 1. The molecule has 0 radical (unpaired) electrons. The van der Waals surface area contributed by atoms with Gasteiger partial charge in [-0.1, -0.05) is 76.3 Å². The van der Waals surface area contributed by atoms with Crippen LogP contribution in [0.4, 0.5) is 5.69 Å². The SMILES string of the molecule is CC/C=C\C/C=C\C/C=C\C/C=C\CCOC(CC)C(=O)NC(CC(C)C)C(=O)Nc1ccc(O)c(C(=O)O)c1. The lowest BCUT2D eigenvalue weighted by atomic mass is 10.0. The normalized spacial score (nSPS) is 13.5. The van der Waals surface area contributed by atoms with Crippen LogP contribution in [0.5, 0.6) is 5.75 Å². The summed E-state index contributed by atoms with van der Waals surface area (Å²) in [5.41, 5.74) is -0.112. The molecule has 1 rings (SSSR count). The third-order valence-electron chi connectivity index (χ3n) is 5.82. The van der Waals surface area contributed by atoms with E-state index in [4.69, 9.17) is 4.74 Å². The molecule has 0 aliphatic rings. The minimum Gasteiger partial charge on any atom is -0.507 e. The van der Waals surface area contributed by atoms with Crippen LogP contribution in [0.2, 0.25) is 0 Å². The van der Waals surface area contributed by atoms with Crippen LogP contribution in [0.15, 0.2) is 66.8 Å². The molecular formula is C32H46N2O6. The van der Waals surface area contributed by atoms with Gasteiger partial charge in [0.1, 0.15) is 23.5 Å². The molecule has 0 saturated carbocycles. The summed E-state index contributed by atoms with van der Waals surface area (Å²) >= 11 is 0. The quantitative estimate of drug-likeness (QED) is 0.0873. The zero-order chi connectivity index (χ0) is 29.8. The van der Waals surface area contributed by atoms with E-state index in [-0.39, 0.29) is 23.1 Å². The second kappa shape index (κ2) is 20.3. The van der Waals surface area contributed by atoms with Crippen LogP contribution in [0.1, 0.15) is 83.0 Å². The van der Waals surface area contributed by atoms with Gasteiger partial charge in [-0.15, -0.1) is 0 Å². The van der Waals surface area contributed by atoms with Gasteiger partial charge in [0, 0.05) is 5.69 Å². The van der Waals surface area contributed by atoms with E-state index in [2.05, 4.69) is 60.1 Å². The lowest BCUT2D eigenvalue weighted by Crippen LogP contribution is -2.48. The highest BCUT2D eigenvalue weighted by molar-refractivity contribution is 5.99. The van der Waals surface area contributed by atoms with Crippen molar-refractivity contribution in [3.8, 4) is 5.75 Å². The number of ether oxygens (including phenoxy) is 1. The van der Waals surface area contributed by atoms with Crippen molar-refractivity contribution in [2.24, 2.45) is 5.92 Å². The molecule has 0 aliphatic heterocycles. The number of carboxylic acid groups (broad SMARTS) is 1. The Labute approximate surface area is 238 Å². The van der Waals surface area contributed by atoms with Crippen molar-refractivity contribution in [1.82, 2.24) is 5.32 Å². The topological polar surface area (TPSA) is 125 Å². The number of aromatic carboxylic acids is 1. The van der Waals surface area contributed by atoms with E-state index in [9.17, 15) is 24.6 Å². The van der Waals surface area contributed by atoms with Crippen molar-refractivity contribution in [3.05, 3.63) is 72.4 Å². The molecule has 4 N–H and O–H groups in total. The van der Waals surface area contributed by atoms with E-state index in [1.807, 2.05) is 26.8 Å². The first kappa shape index (κ1) is 34.4. The molecule has 1 aromatic rings. The predicted molar refractivity (Wildman–Crippen MR) is 160 cm³/mol. The Morgan fingerprint density at radius 3 is 2.05 bits per heavy atom. The highest BCUT2D eigenvalue weighted by atomic mass is 16.5. The Bertz CT molecular complexity index is 1040. The number of carbonyl (C=O) groups excluding carboxylic acids is 2. The summed E-state index contributed by atoms with van der Waals surface area (Å²) in [6.07, 6.45) is 21.6. The van der Waals surface area contributed by atoms with Gasteiger partial charge < -0.3 is 25.6 Å². The fourth-order valence-corrected chi connectivity index (χ4v) is 3.74. The van der Waals surface area contributed by atoms with Gasteiger partial charge in [-0.05, 0) is 69.1 Å². The first-order chi connectivity index (χ1) is 19.2.